The normalized spacial score (nSPS) is 22.1. The number of rotatable bonds is 3. The zero-order valence-electron chi connectivity index (χ0n) is 8.87. The summed E-state index contributed by atoms with van der Waals surface area (Å²) in [5.74, 6) is 0.513. The molecule has 1 amide bonds. The van der Waals surface area contributed by atoms with Crippen LogP contribution in [0.2, 0.25) is 0 Å². The highest BCUT2D eigenvalue weighted by Crippen LogP contribution is 2.20. The molecule has 15 heavy (non-hydrogen) atoms. The van der Waals surface area contributed by atoms with Crippen molar-refractivity contribution in [1.82, 2.24) is 5.32 Å². The second-order valence-corrected chi connectivity index (χ2v) is 5.13. The van der Waals surface area contributed by atoms with E-state index in [1.165, 1.54) is 11.3 Å². The first kappa shape index (κ1) is 10.7. The van der Waals surface area contributed by atoms with E-state index in [4.69, 9.17) is 0 Å². The predicted octanol–water partition coefficient (Wildman–Crippen LogP) is 2.60. The minimum absolute atomic E-state index is 0.245. The minimum atomic E-state index is 0.245. The van der Waals surface area contributed by atoms with Gasteiger partial charge in [0.25, 0.3) is 0 Å². The third-order valence-corrected chi connectivity index (χ3v) is 3.90. The second-order valence-electron chi connectivity index (χ2n) is 4.10. The lowest BCUT2D eigenvalue weighted by Crippen LogP contribution is -2.29. The third kappa shape index (κ3) is 3.06. The number of aryl methyl sites for hydroxylation is 1. The smallest absolute Gasteiger partial charge is 0.223 e. The summed E-state index contributed by atoms with van der Waals surface area (Å²) in [6, 6.07) is 4.23. The maximum absolute atomic E-state index is 11.7. The molecule has 1 saturated heterocycles. The third-order valence-electron chi connectivity index (χ3n) is 2.97. The molecule has 2 rings (SSSR count). The lowest BCUT2D eigenvalue weighted by atomic mass is 9.97. The Labute approximate surface area is 94.7 Å². The highest BCUT2D eigenvalue weighted by atomic mass is 32.1. The van der Waals surface area contributed by atoms with E-state index >= 15 is 0 Å². The minimum Gasteiger partial charge on any atom is -0.356 e. The maximum Gasteiger partial charge on any atom is 0.223 e. The Morgan fingerprint density at radius 3 is 3.20 bits per heavy atom. The van der Waals surface area contributed by atoms with Crippen LogP contribution in [0, 0.1) is 5.92 Å². The van der Waals surface area contributed by atoms with Crippen molar-refractivity contribution < 1.29 is 4.79 Å². The van der Waals surface area contributed by atoms with Crippen molar-refractivity contribution in [2.45, 2.75) is 32.1 Å². The number of hydrogen-bond donors (Lipinski definition) is 1. The number of carbonyl (C=O) groups excluding carboxylic acids is 1. The summed E-state index contributed by atoms with van der Waals surface area (Å²) in [5, 5.41) is 5.09. The monoisotopic (exact) mass is 223 g/mol. The van der Waals surface area contributed by atoms with Crippen LogP contribution < -0.4 is 5.32 Å². The summed E-state index contributed by atoms with van der Waals surface area (Å²) < 4.78 is 0. The molecule has 0 aliphatic carbocycles. The summed E-state index contributed by atoms with van der Waals surface area (Å²) in [4.78, 5) is 13.1. The average molecular weight is 223 g/mol. The Morgan fingerprint density at radius 1 is 1.47 bits per heavy atom. The topological polar surface area (TPSA) is 29.1 Å². The first-order chi connectivity index (χ1) is 7.36. The van der Waals surface area contributed by atoms with Crippen molar-refractivity contribution in [1.29, 1.82) is 0 Å². The quantitative estimate of drug-likeness (QED) is 0.838. The van der Waals surface area contributed by atoms with Gasteiger partial charge in [0.15, 0.2) is 0 Å². The van der Waals surface area contributed by atoms with Gasteiger partial charge >= 0.3 is 0 Å². The fraction of sp³-hybridized carbons (Fsp3) is 0.583. The fourth-order valence-electron chi connectivity index (χ4n) is 2.05. The molecule has 1 atom stereocenters. The molecule has 1 N–H and O–H groups in total. The summed E-state index contributed by atoms with van der Waals surface area (Å²) in [6.07, 6.45) is 5.45. The van der Waals surface area contributed by atoms with Gasteiger partial charge in [-0.3, -0.25) is 4.79 Å². The number of hydrogen-bond acceptors (Lipinski definition) is 2. The van der Waals surface area contributed by atoms with Crippen molar-refractivity contribution in [2.24, 2.45) is 5.92 Å². The van der Waals surface area contributed by atoms with E-state index in [-0.39, 0.29) is 11.8 Å². The van der Waals surface area contributed by atoms with Crippen LogP contribution in [-0.4, -0.2) is 12.5 Å². The van der Waals surface area contributed by atoms with E-state index < -0.39 is 0 Å². The van der Waals surface area contributed by atoms with Crippen molar-refractivity contribution in [3.63, 3.8) is 0 Å². The summed E-state index contributed by atoms with van der Waals surface area (Å²) in [7, 11) is 0. The Hall–Kier alpha value is -0.830. The molecule has 2 heterocycles. The Balaban J connectivity index is 1.84. The van der Waals surface area contributed by atoms with Crippen LogP contribution >= 0.6 is 11.3 Å². The van der Waals surface area contributed by atoms with Crippen LogP contribution in [0.15, 0.2) is 17.5 Å². The molecule has 0 bridgehead atoms. The molecule has 3 heteroatoms. The Kier molecular flexibility index (Phi) is 3.78. The molecule has 2 nitrogen and oxygen atoms in total. The van der Waals surface area contributed by atoms with E-state index in [1.54, 1.807) is 11.3 Å². The van der Waals surface area contributed by atoms with Crippen LogP contribution in [0.5, 0.6) is 0 Å². The molecule has 0 saturated carbocycles. The lowest BCUT2D eigenvalue weighted by Gasteiger charge is -2.11. The van der Waals surface area contributed by atoms with Crippen molar-refractivity contribution in [3.8, 4) is 0 Å². The molecule has 1 aliphatic rings. The first-order valence-corrected chi connectivity index (χ1v) is 6.54. The average Bonchev–Trinajstić information content (AvgIpc) is 2.67. The van der Waals surface area contributed by atoms with E-state index in [0.717, 1.165) is 32.2 Å². The van der Waals surface area contributed by atoms with Gasteiger partial charge in [-0.05, 0) is 37.1 Å². The summed E-state index contributed by atoms with van der Waals surface area (Å²) in [6.45, 7) is 0.869. The molecular weight excluding hydrogens is 206 g/mol. The van der Waals surface area contributed by atoms with Crippen molar-refractivity contribution >= 4 is 17.2 Å². The van der Waals surface area contributed by atoms with Crippen molar-refractivity contribution in [3.05, 3.63) is 22.4 Å². The van der Waals surface area contributed by atoms with Gasteiger partial charge in [-0.1, -0.05) is 12.5 Å². The molecule has 1 unspecified atom stereocenters. The highest BCUT2D eigenvalue weighted by molar-refractivity contribution is 7.09. The zero-order chi connectivity index (χ0) is 10.5. The molecule has 0 radical (unpaired) electrons. The first-order valence-electron chi connectivity index (χ1n) is 5.66. The van der Waals surface area contributed by atoms with Gasteiger partial charge < -0.3 is 5.32 Å². The molecule has 0 spiro atoms. The number of amides is 1. The summed E-state index contributed by atoms with van der Waals surface area (Å²) in [5.41, 5.74) is 0. The van der Waals surface area contributed by atoms with E-state index in [9.17, 15) is 4.79 Å². The molecule has 1 aromatic heterocycles. The van der Waals surface area contributed by atoms with Crippen LogP contribution in [-0.2, 0) is 11.2 Å². The molecule has 1 fully saturated rings. The van der Waals surface area contributed by atoms with Gasteiger partial charge in [0.2, 0.25) is 5.91 Å². The summed E-state index contributed by atoms with van der Waals surface area (Å²) >= 11 is 1.79. The van der Waals surface area contributed by atoms with Crippen LogP contribution in [0.1, 0.15) is 30.6 Å². The molecule has 82 valence electrons. The standard InChI is InChI=1S/C12H17NOS/c14-12-10(4-1-2-8-13-12)6-7-11-5-3-9-15-11/h3,5,9-10H,1-2,4,6-8H2,(H,13,14). The molecular formula is C12H17NOS. The lowest BCUT2D eigenvalue weighted by molar-refractivity contribution is -0.124. The van der Waals surface area contributed by atoms with Crippen LogP contribution in [0.3, 0.4) is 0 Å². The van der Waals surface area contributed by atoms with E-state index in [0.29, 0.717) is 0 Å². The van der Waals surface area contributed by atoms with Gasteiger partial charge in [0.05, 0.1) is 0 Å². The number of thiophene rings is 1. The maximum atomic E-state index is 11.7. The van der Waals surface area contributed by atoms with Gasteiger partial charge in [0.1, 0.15) is 0 Å². The van der Waals surface area contributed by atoms with Gasteiger partial charge in [-0.25, -0.2) is 0 Å². The number of carbonyl (C=O) groups is 1. The SMILES string of the molecule is O=C1NCCCCC1CCc1cccs1. The van der Waals surface area contributed by atoms with Crippen LogP contribution in [0.4, 0.5) is 0 Å². The molecule has 0 aromatic carbocycles. The van der Waals surface area contributed by atoms with E-state index in [2.05, 4.69) is 22.8 Å². The second kappa shape index (κ2) is 5.31. The Morgan fingerprint density at radius 2 is 2.40 bits per heavy atom. The molecule has 1 aromatic rings. The zero-order valence-corrected chi connectivity index (χ0v) is 9.69. The predicted molar refractivity (Wildman–Crippen MR) is 63.0 cm³/mol. The van der Waals surface area contributed by atoms with Gasteiger partial charge in [0, 0.05) is 17.3 Å². The van der Waals surface area contributed by atoms with Crippen molar-refractivity contribution in [2.75, 3.05) is 6.54 Å². The largest absolute Gasteiger partial charge is 0.356 e. The Bertz CT molecular complexity index is 307. The van der Waals surface area contributed by atoms with Crippen LogP contribution in [0.25, 0.3) is 0 Å². The highest BCUT2D eigenvalue weighted by Gasteiger charge is 2.20. The molecule has 1 aliphatic heterocycles. The number of nitrogens with one attached hydrogen (secondary N) is 1. The van der Waals surface area contributed by atoms with Gasteiger partial charge in [-0.15, -0.1) is 11.3 Å². The van der Waals surface area contributed by atoms with Gasteiger partial charge in [-0.2, -0.15) is 0 Å². The fourth-order valence-corrected chi connectivity index (χ4v) is 2.77. The van der Waals surface area contributed by atoms with E-state index in [1.807, 2.05) is 0 Å².